The Hall–Kier alpha value is -1.89. The van der Waals surface area contributed by atoms with Crippen LogP contribution in [0.15, 0.2) is 24.3 Å². The molecule has 2 rings (SSSR count). The molecule has 1 aliphatic carbocycles. The number of anilines is 1. The standard InChI is InChI=1S/C16H21NO5S/c1-11(22-16(19)13-5-3-4-6-13)15(18)12-7-9-14(10-8-12)17-23(2,20)21/h7-11,13,17H,3-6H2,1-2H3/t11-/m1/s1. The average Bonchev–Trinajstić information content (AvgIpc) is 3.00. The quantitative estimate of drug-likeness (QED) is 0.635. The van der Waals surface area contributed by atoms with Gasteiger partial charge in [0.1, 0.15) is 0 Å². The van der Waals surface area contributed by atoms with Crippen molar-refractivity contribution in [2.75, 3.05) is 11.0 Å². The molecule has 0 heterocycles. The van der Waals surface area contributed by atoms with Crippen molar-refractivity contribution in [1.29, 1.82) is 0 Å². The molecule has 0 bridgehead atoms. The van der Waals surface area contributed by atoms with Crippen LogP contribution in [0.5, 0.6) is 0 Å². The predicted octanol–water partition coefficient (Wildman–Crippen LogP) is 2.36. The smallest absolute Gasteiger partial charge is 0.309 e. The van der Waals surface area contributed by atoms with E-state index >= 15 is 0 Å². The van der Waals surface area contributed by atoms with Crippen LogP contribution in [-0.2, 0) is 19.6 Å². The fourth-order valence-electron chi connectivity index (χ4n) is 2.64. The van der Waals surface area contributed by atoms with Gasteiger partial charge in [-0.1, -0.05) is 12.8 Å². The lowest BCUT2D eigenvalue weighted by Crippen LogP contribution is -2.27. The molecule has 0 aromatic heterocycles. The summed E-state index contributed by atoms with van der Waals surface area (Å²) in [5, 5.41) is 0. The van der Waals surface area contributed by atoms with Crippen LogP contribution in [-0.4, -0.2) is 32.5 Å². The van der Waals surface area contributed by atoms with Crippen molar-refractivity contribution in [2.24, 2.45) is 5.92 Å². The van der Waals surface area contributed by atoms with Crippen molar-refractivity contribution in [1.82, 2.24) is 0 Å². The molecule has 0 amide bonds. The number of hydrogen-bond donors (Lipinski definition) is 1. The van der Waals surface area contributed by atoms with Gasteiger partial charge in [0.25, 0.3) is 0 Å². The molecule has 6 nitrogen and oxygen atoms in total. The normalized spacial score (nSPS) is 16.8. The Balaban J connectivity index is 1.97. The SMILES string of the molecule is C[C@@H](OC(=O)C1CCCC1)C(=O)c1ccc(NS(C)(=O)=O)cc1. The minimum atomic E-state index is -3.36. The largest absolute Gasteiger partial charge is 0.454 e. The molecular formula is C16H21NO5S. The van der Waals surface area contributed by atoms with Gasteiger partial charge in [0, 0.05) is 11.3 Å². The van der Waals surface area contributed by atoms with Crippen LogP contribution < -0.4 is 4.72 Å². The molecule has 1 atom stereocenters. The maximum atomic E-state index is 12.3. The lowest BCUT2D eigenvalue weighted by Gasteiger charge is -2.15. The molecular weight excluding hydrogens is 318 g/mol. The van der Waals surface area contributed by atoms with Gasteiger partial charge in [-0.3, -0.25) is 14.3 Å². The molecule has 0 spiro atoms. The Kier molecular flexibility index (Phi) is 5.41. The molecule has 1 aromatic carbocycles. The van der Waals surface area contributed by atoms with Gasteiger partial charge in [-0.2, -0.15) is 0 Å². The molecule has 126 valence electrons. The number of ether oxygens (including phenoxy) is 1. The number of Topliss-reactive ketones (excluding diaryl/α,β-unsaturated/α-hetero) is 1. The lowest BCUT2D eigenvalue weighted by molar-refractivity contribution is -0.151. The van der Waals surface area contributed by atoms with Crippen LogP contribution in [0.25, 0.3) is 0 Å². The Morgan fingerprint density at radius 2 is 1.74 bits per heavy atom. The number of esters is 1. The second-order valence-electron chi connectivity index (χ2n) is 5.88. The second-order valence-corrected chi connectivity index (χ2v) is 7.62. The summed E-state index contributed by atoms with van der Waals surface area (Å²) >= 11 is 0. The highest BCUT2D eigenvalue weighted by Gasteiger charge is 2.27. The highest BCUT2D eigenvalue weighted by Crippen LogP contribution is 2.26. The maximum absolute atomic E-state index is 12.3. The van der Waals surface area contributed by atoms with Crippen molar-refractivity contribution >= 4 is 27.5 Å². The number of rotatable bonds is 6. The van der Waals surface area contributed by atoms with Gasteiger partial charge in [-0.05, 0) is 44.0 Å². The number of hydrogen-bond acceptors (Lipinski definition) is 5. The van der Waals surface area contributed by atoms with Gasteiger partial charge >= 0.3 is 5.97 Å². The summed E-state index contributed by atoms with van der Waals surface area (Å²) in [4.78, 5) is 24.2. The van der Waals surface area contributed by atoms with Gasteiger partial charge in [0.15, 0.2) is 6.10 Å². The molecule has 1 fully saturated rings. The summed E-state index contributed by atoms with van der Waals surface area (Å²) in [5.41, 5.74) is 0.746. The molecule has 0 aliphatic heterocycles. The van der Waals surface area contributed by atoms with E-state index in [1.54, 1.807) is 6.92 Å². The van der Waals surface area contributed by atoms with E-state index in [-0.39, 0.29) is 17.7 Å². The molecule has 23 heavy (non-hydrogen) atoms. The van der Waals surface area contributed by atoms with Crippen LogP contribution >= 0.6 is 0 Å². The first kappa shape index (κ1) is 17.5. The third kappa shape index (κ3) is 5.06. The Morgan fingerprint density at radius 3 is 2.26 bits per heavy atom. The zero-order chi connectivity index (χ0) is 17.0. The number of nitrogens with one attached hydrogen (secondary N) is 1. The van der Waals surface area contributed by atoms with E-state index in [1.165, 1.54) is 24.3 Å². The second kappa shape index (κ2) is 7.12. The molecule has 1 aromatic rings. The van der Waals surface area contributed by atoms with Gasteiger partial charge in [0.05, 0.1) is 12.2 Å². The van der Waals surface area contributed by atoms with Crippen molar-refractivity contribution in [3.05, 3.63) is 29.8 Å². The van der Waals surface area contributed by atoms with Gasteiger partial charge < -0.3 is 4.74 Å². The van der Waals surface area contributed by atoms with Crippen LogP contribution in [0.4, 0.5) is 5.69 Å². The summed E-state index contributed by atoms with van der Waals surface area (Å²) in [6.07, 6.45) is 3.90. The van der Waals surface area contributed by atoms with Gasteiger partial charge in [-0.25, -0.2) is 8.42 Å². The van der Waals surface area contributed by atoms with Crippen molar-refractivity contribution < 1.29 is 22.7 Å². The number of ketones is 1. The maximum Gasteiger partial charge on any atom is 0.309 e. The number of sulfonamides is 1. The fourth-order valence-corrected chi connectivity index (χ4v) is 3.20. The van der Waals surface area contributed by atoms with Crippen molar-refractivity contribution in [3.8, 4) is 0 Å². The van der Waals surface area contributed by atoms with Crippen LogP contribution in [0, 0.1) is 5.92 Å². The van der Waals surface area contributed by atoms with Crippen LogP contribution in [0.3, 0.4) is 0 Å². The van der Waals surface area contributed by atoms with Crippen LogP contribution in [0.2, 0.25) is 0 Å². The fraction of sp³-hybridized carbons (Fsp3) is 0.500. The Labute approximate surface area is 136 Å². The minimum absolute atomic E-state index is 0.0911. The zero-order valence-corrected chi connectivity index (χ0v) is 14.1. The van der Waals surface area contributed by atoms with Gasteiger partial charge in [0.2, 0.25) is 15.8 Å². The highest BCUT2D eigenvalue weighted by atomic mass is 32.2. The first-order chi connectivity index (χ1) is 10.8. The molecule has 1 N–H and O–H groups in total. The minimum Gasteiger partial charge on any atom is -0.454 e. The first-order valence-corrected chi connectivity index (χ1v) is 9.48. The van der Waals surface area contributed by atoms with Crippen LogP contribution in [0.1, 0.15) is 43.0 Å². The first-order valence-electron chi connectivity index (χ1n) is 7.59. The van der Waals surface area contributed by atoms with E-state index in [0.717, 1.165) is 31.9 Å². The summed E-state index contributed by atoms with van der Waals surface area (Å²) in [6.45, 7) is 1.55. The topological polar surface area (TPSA) is 89.5 Å². The molecule has 0 radical (unpaired) electrons. The molecule has 1 saturated carbocycles. The number of carbonyl (C=O) groups excluding carboxylic acids is 2. The Bertz CT molecular complexity index is 675. The number of carbonyl (C=O) groups is 2. The molecule has 0 saturated heterocycles. The summed E-state index contributed by atoms with van der Waals surface area (Å²) in [5.74, 6) is -0.701. The van der Waals surface area contributed by atoms with E-state index in [1.807, 2.05) is 0 Å². The van der Waals surface area contributed by atoms with E-state index < -0.39 is 16.1 Å². The third-order valence-electron chi connectivity index (χ3n) is 3.82. The third-order valence-corrected chi connectivity index (χ3v) is 4.43. The zero-order valence-electron chi connectivity index (χ0n) is 13.2. The number of benzene rings is 1. The van der Waals surface area contributed by atoms with E-state index in [2.05, 4.69) is 4.72 Å². The molecule has 1 aliphatic rings. The summed E-state index contributed by atoms with van der Waals surface area (Å²) in [7, 11) is -3.36. The van der Waals surface area contributed by atoms with Crippen molar-refractivity contribution in [2.45, 2.75) is 38.7 Å². The average molecular weight is 339 g/mol. The lowest BCUT2D eigenvalue weighted by atomic mass is 10.1. The van der Waals surface area contributed by atoms with Crippen molar-refractivity contribution in [3.63, 3.8) is 0 Å². The molecule has 7 heteroatoms. The summed E-state index contributed by atoms with van der Waals surface area (Å²) in [6, 6.07) is 6.02. The predicted molar refractivity (Wildman–Crippen MR) is 86.8 cm³/mol. The summed E-state index contributed by atoms with van der Waals surface area (Å²) < 4.78 is 29.9. The Morgan fingerprint density at radius 1 is 1.17 bits per heavy atom. The van der Waals surface area contributed by atoms with E-state index in [0.29, 0.717) is 11.3 Å². The van der Waals surface area contributed by atoms with E-state index in [9.17, 15) is 18.0 Å². The van der Waals surface area contributed by atoms with E-state index in [4.69, 9.17) is 4.74 Å². The van der Waals surface area contributed by atoms with Gasteiger partial charge in [-0.15, -0.1) is 0 Å². The molecule has 0 unspecified atom stereocenters. The monoisotopic (exact) mass is 339 g/mol. The highest BCUT2D eigenvalue weighted by molar-refractivity contribution is 7.92.